The molecular weight excluding hydrogens is 312 g/mol. The minimum Gasteiger partial charge on any atom is -0.481 e. The average molecular weight is 322 g/mol. The summed E-state index contributed by atoms with van der Waals surface area (Å²) < 4.78 is 8.62. The Kier molecular flexibility index (Phi) is 11.5. The van der Waals surface area contributed by atoms with Crippen LogP contribution in [0.4, 0.5) is 0 Å². The van der Waals surface area contributed by atoms with E-state index in [4.69, 9.17) is 10.2 Å². The van der Waals surface area contributed by atoms with Crippen molar-refractivity contribution in [3.05, 3.63) is 0 Å². The van der Waals surface area contributed by atoms with Gasteiger partial charge in [0.25, 0.3) is 12.3 Å². The number of rotatable bonds is 3. The molecular formula is C8H10FeO8S. The van der Waals surface area contributed by atoms with Crippen LogP contribution in [0.5, 0.6) is 0 Å². The Hall–Kier alpha value is -1.25. The SMILES string of the molecule is O=C(O)CCC(=O)O.O=C1CCC(=O)OSO1.[Fe]. The molecule has 1 aliphatic rings. The van der Waals surface area contributed by atoms with Crippen molar-refractivity contribution in [3.8, 4) is 0 Å². The van der Waals surface area contributed by atoms with E-state index in [1.807, 2.05) is 0 Å². The molecule has 0 bridgehead atoms. The van der Waals surface area contributed by atoms with E-state index in [2.05, 4.69) is 8.37 Å². The smallest absolute Gasteiger partial charge is 0.321 e. The molecule has 0 aromatic carbocycles. The van der Waals surface area contributed by atoms with Crippen LogP contribution in [0.1, 0.15) is 25.7 Å². The molecule has 1 aliphatic heterocycles. The molecule has 8 nitrogen and oxygen atoms in total. The van der Waals surface area contributed by atoms with Gasteiger partial charge in [-0.25, -0.2) is 0 Å². The molecule has 0 aliphatic carbocycles. The summed E-state index contributed by atoms with van der Waals surface area (Å²) >= 11 is 0.433. The van der Waals surface area contributed by atoms with Crippen LogP contribution in [0, 0.1) is 0 Å². The quantitative estimate of drug-likeness (QED) is 0.559. The summed E-state index contributed by atoms with van der Waals surface area (Å²) in [5.74, 6) is -2.98. The Bertz CT molecular complexity index is 288. The molecule has 104 valence electrons. The van der Waals surface area contributed by atoms with Crippen molar-refractivity contribution in [2.45, 2.75) is 25.7 Å². The van der Waals surface area contributed by atoms with E-state index in [1.54, 1.807) is 0 Å². The molecule has 1 fully saturated rings. The Balaban J connectivity index is 0. The van der Waals surface area contributed by atoms with Crippen LogP contribution in [-0.2, 0) is 44.6 Å². The summed E-state index contributed by atoms with van der Waals surface area (Å²) in [6.07, 6.45) is -0.359. The fraction of sp³-hybridized carbons (Fsp3) is 0.500. The first-order chi connectivity index (χ1) is 7.91. The van der Waals surface area contributed by atoms with Crippen molar-refractivity contribution in [2.75, 3.05) is 0 Å². The number of hydrogen-bond acceptors (Lipinski definition) is 7. The van der Waals surface area contributed by atoms with Crippen molar-refractivity contribution >= 4 is 36.2 Å². The van der Waals surface area contributed by atoms with Gasteiger partial charge < -0.3 is 18.6 Å². The Morgan fingerprint density at radius 3 is 1.61 bits per heavy atom. The number of carboxylic acid groups (broad SMARTS) is 2. The van der Waals surface area contributed by atoms with E-state index < -0.39 is 23.9 Å². The van der Waals surface area contributed by atoms with E-state index in [0.717, 1.165) is 0 Å². The maximum atomic E-state index is 10.4. The summed E-state index contributed by atoms with van der Waals surface area (Å²) in [5.41, 5.74) is 0. The van der Waals surface area contributed by atoms with E-state index in [0.29, 0.717) is 12.3 Å². The third kappa shape index (κ3) is 12.8. The van der Waals surface area contributed by atoms with Crippen LogP contribution in [0.3, 0.4) is 0 Å². The van der Waals surface area contributed by atoms with Gasteiger partial charge in [-0.2, -0.15) is 0 Å². The fourth-order valence-corrected chi connectivity index (χ4v) is 0.947. The van der Waals surface area contributed by atoms with E-state index in [9.17, 15) is 19.2 Å². The Morgan fingerprint density at radius 2 is 1.33 bits per heavy atom. The molecule has 0 spiro atoms. The first-order valence-electron chi connectivity index (χ1n) is 4.42. The monoisotopic (exact) mass is 322 g/mol. The molecule has 0 atom stereocenters. The first-order valence-corrected chi connectivity index (χ1v) is 5.09. The Morgan fingerprint density at radius 1 is 1.00 bits per heavy atom. The van der Waals surface area contributed by atoms with Gasteiger partial charge in [0.15, 0.2) is 0 Å². The second-order valence-electron chi connectivity index (χ2n) is 2.77. The van der Waals surface area contributed by atoms with Gasteiger partial charge in [-0.3, -0.25) is 19.2 Å². The molecule has 1 rings (SSSR count). The standard InChI is InChI=1S/C4H4O4S.C4H6O4.Fe/c5-3-1-2-4(6)8-9-7-3;5-3(6)1-2-4(7)8;/h1-2H2;1-2H2,(H,5,6)(H,7,8);. The summed E-state index contributed by atoms with van der Waals surface area (Å²) in [5, 5.41) is 15.8. The minimum atomic E-state index is -1.08. The predicted octanol–water partition coefficient (Wildman–Crippen LogP) is 0.363. The molecule has 10 heteroatoms. The molecule has 1 heterocycles. The summed E-state index contributed by atoms with van der Waals surface area (Å²) in [7, 11) is 0. The van der Waals surface area contributed by atoms with Gasteiger partial charge in [0, 0.05) is 17.1 Å². The van der Waals surface area contributed by atoms with Crippen molar-refractivity contribution < 1.29 is 54.8 Å². The zero-order chi connectivity index (χ0) is 13.3. The molecule has 0 aromatic heterocycles. The molecule has 0 radical (unpaired) electrons. The van der Waals surface area contributed by atoms with Gasteiger partial charge in [-0.05, 0) is 0 Å². The summed E-state index contributed by atoms with van der Waals surface area (Å²) in [4.78, 5) is 40.0. The van der Waals surface area contributed by atoms with Gasteiger partial charge in [0.05, 0.1) is 25.7 Å². The largest absolute Gasteiger partial charge is 0.481 e. The van der Waals surface area contributed by atoms with Crippen LogP contribution in [0.2, 0.25) is 0 Å². The van der Waals surface area contributed by atoms with E-state index >= 15 is 0 Å². The number of carbonyl (C=O) groups excluding carboxylic acids is 2. The fourth-order valence-electron chi connectivity index (χ4n) is 0.594. The number of aliphatic carboxylic acids is 2. The molecule has 0 aromatic rings. The van der Waals surface area contributed by atoms with E-state index in [1.165, 1.54) is 0 Å². The van der Waals surface area contributed by atoms with Crippen LogP contribution in [0.25, 0.3) is 0 Å². The van der Waals surface area contributed by atoms with Gasteiger partial charge in [-0.15, -0.1) is 0 Å². The second-order valence-corrected chi connectivity index (χ2v) is 3.24. The maximum absolute atomic E-state index is 10.4. The van der Waals surface area contributed by atoms with Crippen molar-refractivity contribution in [1.29, 1.82) is 0 Å². The van der Waals surface area contributed by atoms with Crippen LogP contribution >= 0.6 is 12.3 Å². The molecule has 18 heavy (non-hydrogen) atoms. The number of carboxylic acids is 2. The zero-order valence-corrected chi connectivity index (χ0v) is 10.9. The van der Waals surface area contributed by atoms with Gasteiger partial charge in [0.1, 0.15) is 0 Å². The van der Waals surface area contributed by atoms with Crippen molar-refractivity contribution in [3.63, 3.8) is 0 Å². The minimum absolute atomic E-state index is 0. The third-order valence-electron chi connectivity index (χ3n) is 1.34. The van der Waals surface area contributed by atoms with Gasteiger partial charge >= 0.3 is 23.9 Å². The second kappa shape index (κ2) is 10.9. The van der Waals surface area contributed by atoms with Crippen molar-refractivity contribution in [2.24, 2.45) is 0 Å². The van der Waals surface area contributed by atoms with Crippen molar-refractivity contribution in [1.82, 2.24) is 0 Å². The first kappa shape index (κ1) is 19.1. The van der Waals surface area contributed by atoms with E-state index in [-0.39, 0.29) is 42.8 Å². The number of carbonyl (C=O) groups is 4. The summed E-state index contributed by atoms with van der Waals surface area (Å²) in [6, 6.07) is 0. The van der Waals surface area contributed by atoms with Crippen LogP contribution < -0.4 is 0 Å². The predicted molar refractivity (Wildman–Crippen MR) is 53.5 cm³/mol. The van der Waals surface area contributed by atoms with Crippen LogP contribution in [-0.4, -0.2) is 34.1 Å². The number of hydrogen-bond donors (Lipinski definition) is 2. The molecule has 0 amide bonds. The average Bonchev–Trinajstić information content (AvgIpc) is 2.42. The molecule has 1 saturated heterocycles. The van der Waals surface area contributed by atoms with Gasteiger partial charge in [-0.1, -0.05) is 0 Å². The van der Waals surface area contributed by atoms with Crippen LogP contribution in [0.15, 0.2) is 0 Å². The normalized spacial score (nSPS) is 13.8. The summed E-state index contributed by atoms with van der Waals surface area (Å²) in [6.45, 7) is 0. The third-order valence-corrected chi connectivity index (χ3v) is 1.85. The molecule has 0 saturated carbocycles. The Labute approximate surface area is 117 Å². The topological polar surface area (TPSA) is 127 Å². The zero-order valence-electron chi connectivity index (χ0n) is 8.93. The molecule has 2 N–H and O–H groups in total. The maximum Gasteiger partial charge on any atom is 0.321 e. The van der Waals surface area contributed by atoms with Gasteiger partial charge in [0.2, 0.25) is 0 Å². The molecule has 0 unspecified atom stereocenters.